The minimum absolute atomic E-state index is 0.00350. The van der Waals surface area contributed by atoms with Crippen LogP contribution >= 0.6 is 11.8 Å². The van der Waals surface area contributed by atoms with Crippen LogP contribution in [-0.2, 0) is 4.79 Å². The number of rotatable bonds is 5. The Hall–Kier alpha value is -3.07. The molecule has 2 aliphatic rings. The van der Waals surface area contributed by atoms with E-state index in [2.05, 4.69) is 10.2 Å². The van der Waals surface area contributed by atoms with Crippen molar-refractivity contribution < 1.29 is 23.1 Å². The van der Waals surface area contributed by atoms with Gasteiger partial charge in [0.2, 0.25) is 24.5 Å². The fraction of sp³-hybridized carbons (Fsp3) is 0.318. The molecule has 3 aromatic rings. The Bertz CT molecular complexity index is 1090. The van der Waals surface area contributed by atoms with Crippen molar-refractivity contribution in [3.63, 3.8) is 0 Å². The first-order valence-electron chi connectivity index (χ1n) is 10.1. The van der Waals surface area contributed by atoms with E-state index in [4.69, 9.17) is 13.9 Å². The number of piperidine rings is 1. The van der Waals surface area contributed by atoms with Crippen molar-refractivity contribution in [2.24, 2.45) is 0 Å². The Kier molecular flexibility index (Phi) is 5.50. The molecule has 31 heavy (non-hydrogen) atoms. The highest BCUT2D eigenvalue weighted by Crippen LogP contribution is 2.36. The predicted molar refractivity (Wildman–Crippen MR) is 112 cm³/mol. The van der Waals surface area contributed by atoms with E-state index in [9.17, 15) is 9.18 Å². The monoisotopic (exact) mass is 441 g/mol. The van der Waals surface area contributed by atoms with E-state index >= 15 is 0 Å². The standard InChI is InChI=1S/C22H20FN3O4S/c23-16-4-6-17(7-5-16)31-12-20(27)26-9-1-2-15(11-26)22-25-24-21(30-22)14-3-8-18-19(10-14)29-13-28-18/h3-8,10,15H,1-2,9,11-13H2/t15-/m0/s1. The van der Waals surface area contributed by atoms with E-state index in [0.717, 1.165) is 23.3 Å². The Morgan fingerprint density at radius 1 is 1.13 bits per heavy atom. The summed E-state index contributed by atoms with van der Waals surface area (Å²) in [5.41, 5.74) is 0.766. The average molecular weight is 441 g/mol. The van der Waals surface area contributed by atoms with Crippen molar-refractivity contribution in [3.8, 4) is 23.0 Å². The number of hydrogen-bond donors (Lipinski definition) is 0. The molecule has 0 spiro atoms. The fourth-order valence-corrected chi connectivity index (χ4v) is 4.52. The lowest BCUT2D eigenvalue weighted by molar-refractivity contribution is -0.129. The van der Waals surface area contributed by atoms with Crippen molar-refractivity contribution in [3.05, 3.63) is 54.2 Å². The van der Waals surface area contributed by atoms with E-state index in [0.29, 0.717) is 42.1 Å². The number of amides is 1. The lowest BCUT2D eigenvalue weighted by Crippen LogP contribution is -2.40. The number of nitrogens with zero attached hydrogens (tertiary/aromatic N) is 3. The number of benzene rings is 2. The minimum Gasteiger partial charge on any atom is -0.454 e. The molecule has 1 fully saturated rings. The molecular weight excluding hydrogens is 421 g/mol. The first kappa shape index (κ1) is 19.9. The van der Waals surface area contributed by atoms with Crippen LogP contribution in [0.1, 0.15) is 24.7 Å². The molecule has 1 amide bonds. The maximum Gasteiger partial charge on any atom is 0.247 e. The van der Waals surface area contributed by atoms with Crippen LogP contribution in [0.3, 0.4) is 0 Å². The highest BCUT2D eigenvalue weighted by atomic mass is 32.2. The number of carbonyl (C=O) groups excluding carboxylic acids is 1. The zero-order valence-corrected chi connectivity index (χ0v) is 17.4. The van der Waals surface area contributed by atoms with Crippen LogP contribution in [0.25, 0.3) is 11.5 Å². The van der Waals surface area contributed by atoms with E-state index in [1.54, 1.807) is 12.1 Å². The molecule has 160 valence electrons. The Morgan fingerprint density at radius 3 is 2.84 bits per heavy atom. The third kappa shape index (κ3) is 4.36. The minimum atomic E-state index is -0.283. The van der Waals surface area contributed by atoms with Gasteiger partial charge in [0.25, 0.3) is 0 Å². The van der Waals surface area contributed by atoms with Gasteiger partial charge in [-0.2, -0.15) is 0 Å². The lowest BCUT2D eigenvalue weighted by atomic mass is 9.98. The van der Waals surface area contributed by atoms with Gasteiger partial charge in [0, 0.05) is 23.5 Å². The summed E-state index contributed by atoms with van der Waals surface area (Å²) in [7, 11) is 0. The van der Waals surface area contributed by atoms with Gasteiger partial charge in [0.1, 0.15) is 5.82 Å². The fourth-order valence-electron chi connectivity index (χ4n) is 3.72. The van der Waals surface area contributed by atoms with E-state index < -0.39 is 0 Å². The van der Waals surface area contributed by atoms with Crippen molar-refractivity contribution >= 4 is 17.7 Å². The van der Waals surface area contributed by atoms with E-state index in [1.165, 1.54) is 23.9 Å². The molecule has 3 heterocycles. The molecule has 0 unspecified atom stereocenters. The van der Waals surface area contributed by atoms with Crippen molar-refractivity contribution in [1.82, 2.24) is 15.1 Å². The molecule has 5 rings (SSSR count). The largest absolute Gasteiger partial charge is 0.454 e. The number of carbonyl (C=O) groups is 1. The smallest absolute Gasteiger partial charge is 0.247 e. The number of ether oxygens (including phenoxy) is 2. The molecule has 1 aromatic heterocycles. The summed E-state index contributed by atoms with van der Waals surface area (Å²) in [6.07, 6.45) is 1.76. The van der Waals surface area contributed by atoms with Gasteiger partial charge < -0.3 is 18.8 Å². The summed E-state index contributed by atoms with van der Waals surface area (Å²) in [5.74, 6) is 2.39. The highest BCUT2D eigenvalue weighted by Gasteiger charge is 2.29. The number of halogens is 1. The maximum atomic E-state index is 13.0. The SMILES string of the molecule is O=C(CSc1ccc(F)cc1)N1CCC[C@H](c2nnc(-c3ccc4c(c3)OCO4)o2)C1. The average Bonchev–Trinajstić information content (AvgIpc) is 3.48. The number of fused-ring (bicyclic) bond motifs is 1. The van der Waals surface area contributed by atoms with Gasteiger partial charge in [-0.1, -0.05) is 0 Å². The molecule has 7 nitrogen and oxygen atoms in total. The van der Waals surface area contributed by atoms with Crippen LogP contribution in [0.15, 0.2) is 51.8 Å². The van der Waals surface area contributed by atoms with E-state index in [-0.39, 0.29) is 24.4 Å². The molecule has 2 aliphatic heterocycles. The Morgan fingerprint density at radius 2 is 1.97 bits per heavy atom. The Labute approximate surface area is 182 Å². The quantitative estimate of drug-likeness (QED) is 0.552. The first-order chi connectivity index (χ1) is 15.2. The molecular formula is C22H20FN3O4S. The summed E-state index contributed by atoms with van der Waals surface area (Å²) in [5, 5.41) is 8.43. The summed E-state index contributed by atoms with van der Waals surface area (Å²) in [6, 6.07) is 11.7. The maximum absolute atomic E-state index is 13.0. The molecule has 1 saturated heterocycles. The number of hydrogen-bond acceptors (Lipinski definition) is 7. The van der Waals surface area contributed by atoms with Gasteiger partial charge >= 0.3 is 0 Å². The van der Waals surface area contributed by atoms with Crippen LogP contribution in [0.4, 0.5) is 4.39 Å². The van der Waals surface area contributed by atoms with Crippen LogP contribution in [0.5, 0.6) is 11.5 Å². The molecule has 2 aromatic carbocycles. The number of aromatic nitrogens is 2. The number of thioether (sulfide) groups is 1. The van der Waals surface area contributed by atoms with Crippen LogP contribution in [-0.4, -0.2) is 46.6 Å². The number of likely N-dealkylation sites (tertiary alicyclic amines) is 1. The van der Waals surface area contributed by atoms with E-state index in [1.807, 2.05) is 23.1 Å². The highest BCUT2D eigenvalue weighted by molar-refractivity contribution is 8.00. The van der Waals surface area contributed by atoms with Crippen molar-refractivity contribution in [2.45, 2.75) is 23.7 Å². The van der Waals surface area contributed by atoms with Gasteiger partial charge in [-0.3, -0.25) is 4.79 Å². The van der Waals surface area contributed by atoms with Gasteiger partial charge in [-0.05, 0) is 55.3 Å². The van der Waals surface area contributed by atoms with Crippen LogP contribution in [0, 0.1) is 5.82 Å². The third-order valence-corrected chi connectivity index (χ3v) is 6.36. The molecule has 0 bridgehead atoms. The Balaban J connectivity index is 1.22. The van der Waals surface area contributed by atoms with Crippen LogP contribution in [0.2, 0.25) is 0 Å². The summed E-state index contributed by atoms with van der Waals surface area (Å²) < 4.78 is 29.7. The normalized spacial score (nSPS) is 17.7. The predicted octanol–water partition coefficient (Wildman–Crippen LogP) is 4.10. The molecule has 0 saturated carbocycles. The zero-order chi connectivity index (χ0) is 21.2. The third-order valence-electron chi connectivity index (χ3n) is 5.36. The summed E-state index contributed by atoms with van der Waals surface area (Å²) in [4.78, 5) is 15.4. The zero-order valence-electron chi connectivity index (χ0n) is 16.6. The van der Waals surface area contributed by atoms with Gasteiger partial charge in [0.05, 0.1) is 11.7 Å². The second kappa shape index (κ2) is 8.58. The molecule has 0 N–H and O–H groups in total. The topological polar surface area (TPSA) is 77.7 Å². The van der Waals surface area contributed by atoms with Crippen molar-refractivity contribution in [1.29, 1.82) is 0 Å². The van der Waals surface area contributed by atoms with Gasteiger partial charge in [0.15, 0.2) is 11.5 Å². The van der Waals surface area contributed by atoms with Crippen molar-refractivity contribution in [2.75, 3.05) is 25.6 Å². The van der Waals surface area contributed by atoms with Crippen LogP contribution < -0.4 is 9.47 Å². The molecule has 9 heteroatoms. The molecule has 0 aliphatic carbocycles. The first-order valence-corrected chi connectivity index (χ1v) is 11.0. The second-order valence-electron chi connectivity index (χ2n) is 7.43. The van der Waals surface area contributed by atoms with Gasteiger partial charge in [-0.15, -0.1) is 22.0 Å². The second-order valence-corrected chi connectivity index (χ2v) is 8.48. The molecule has 0 radical (unpaired) electrons. The molecule has 1 atom stereocenters. The lowest BCUT2D eigenvalue weighted by Gasteiger charge is -2.31. The summed E-state index contributed by atoms with van der Waals surface area (Å²) >= 11 is 1.41. The summed E-state index contributed by atoms with van der Waals surface area (Å²) in [6.45, 7) is 1.47. The van der Waals surface area contributed by atoms with Gasteiger partial charge in [-0.25, -0.2) is 4.39 Å².